The molecule has 5 heteroatoms. The monoisotopic (exact) mass is 339 g/mol. The van der Waals surface area contributed by atoms with Crippen molar-refractivity contribution in [3.8, 4) is 11.5 Å². The van der Waals surface area contributed by atoms with Crippen LogP contribution in [0.4, 0.5) is 5.69 Å². The number of para-hydroxylation sites is 2. The Morgan fingerprint density at radius 2 is 1.46 bits per heavy atom. The van der Waals surface area contributed by atoms with E-state index in [-0.39, 0.29) is 5.91 Å². The van der Waals surface area contributed by atoms with Gasteiger partial charge in [0.2, 0.25) is 0 Å². The van der Waals surface area contributed by atoms with Crippen molar-refractivity contribution in [2.45, 2.75) is 0 Å². The summed E-state index contributed by atoms with van der Waals surface area (Å²) >= 11 is 5.82. The Hall–Kier alpha value is -2.98. The number of hydrogen-bond donors (Lipinski definition) is 1. The second-order valence-corrected chi connectivity index (χ2v) is 5.37. The average Bonchev–Trinajstić information content (AvgIpc) is 2.62. The van der Waals surface area contributed by atoms with Crippen LogP contribution >= 0.6 is 11.6 Å². The molecule has 0 radical (unpaired) electrons. The predicted octanol–water partition coefficient (Wildman–Crippen LogP) is 4.97. The highest BCUT2D eigenvalue weighted by Gasteiger charge is 2.13. The summed E-state index contributed by atoms with van der Waals surface area (Å²) in [6.45, 7) is 0. The van der Waals surface area contributed by atoms with Gasteiger partial charge in [-0.3, -0.25) is 14.6 Å². The van der Waals surface area contributed by atoms with Gasteiger partial charge in [0.1, 0.15) is 0 Å². The largest absolute Gasteiger partial charge is 0.322 e. The number of amides is 1. The summed E-state index contributed by atoms with van der Waals surface area (Å²) in [7, 11) is 0. The van der Waals surface area contributed by atoms with Gasteiger partial charge in [-0.05, 0) is 48.5 Å². The van der Waals surface area contributed by atoms with Crippen molar-refractivity contribution in [1.82, 2.24) is 0 Å². The third-order valence-corrected chi connectivity index (χ3v) is 3.46. The van der Waals surface area contributed by atoms with Gasteiger partial charge in [-0.1, -0.05) is 41.9 Å². The summed E-state index contributed by atoms with van der Waals surface area (Å²) in [4.78, 5) is 23.0. The molecule has 0 aliphatic carbocycles. The molecule has 0 atom stereocenters. The Kier molecular flexibility index (Phi) is 4.99. The summed E-state index contributed by atoms with van der Waals surface area (Å²) in [6, 6.07) is 22.8. The molecule has 0 unspecified atom stereocenters. The zero-order valence-corrected chi connectivity index (χ0v) is 13.4. The molecule has 0 spiro atoms. The van der Waals surface area contributed by atoms with Gasteiger partial charge < -0.3 is 5.32 Å². The summed E-state index contributed by atoms with van der Waals surface area (Å²) < 4.78 is 0. The topological polar surface area (TPSA) is 47.6 Å². The zero-order chi connectivity index (χ0) is 16.8. The number of benzene rings is 3. The van der Waals surface area contributed by atoms with Crippen molar-refractivity contribution in [3.05, 3.63) is 89.4 Å². The van der Waals surface area contributed by atoms with Gasteiger partial charge in [0.15, 0.2) is 11.5 Å². The number of hydrogen-bond acceptors (Lipinski definition) is 3. The number of halogens is 1. The van der Waals surface area contributed by atoms with Crippen LogP contribution in [0.1, 0.15) is 10.4 Å². The Morgan fingerprint density at radius 3 is 2.21 bits per heavy atom. The van der Waals surface area contributed by atoms with E-state index in [1.807, 2.05) is 30.3 Å². The highest BCUT2D eigenvalue weighted by molar-refractivity contribution is 6.30. The molecule has 4 nitrogen and oxygen atoms in total. The van der Waals surface area contributed by atoms with E-state index in [1.165, 1.54) is 0 Å². The Labute approximate surface area is 144 Å². The molecule has 0 heterocycles. The van der Waals surface area contributed by atoms with E-state index >= 15 is 0 Å². The minimum absolute atomic E-state index is 0.281. The molecule has 0 bridgehead atoms. The second kappa shape index (κ2) is 7.53. The zero-order valence-electron chi connectivity index (χ0n) is 12.6. The SMILES string of the molecule is O=C(Nc1ccccc1)c1ccccc1OOc1ccc(Cl)cc1. The summed E-state index contributed by atoms with van der Waals surface area (Å²) in [5.74, 6) is 0.523. The Morgan fingerprint density at radius 1 is 0.792 bits per heavy atom. The van der Waals surface area contributed by atoms with Crippen LogP contribution in [0, 0.1) is 0 Å². The van der Waals surface area contributed by atoms with Gasteiger partial charge in [-0.2, -0.15) is 0 Å². The van der Waals surface area contributed by atoms with Crippen molar-refractivity contribution in [2.24, 2.45) is 0 Å². The molecule has 0 aromatic heterocycles. The molecule has 3 rings (SSSR count). The molecule has 0 fully saturated rings. The van der Waals surface area contributed by atoms with Crippen LogP contribution in [0.2, 0.25) is 5.02 Å². The van der Waals surface area contributed by atoms with Crippen molar-refractivity contribution in [2.75, 3.05) is 5.32 Å². The first-order valence-electron chi connectivity index (χ1n) is 7.28. The van der Waals surface area contributed by atoms with E-state index in [4.69, 9.17) is 21.4 Å². The van der Waals surface area contributed by atoms with Crippen LogP contribution in [0.15, 0.2) is 78.9 Å². The van der Waals surface area contributed by atoms with Crippen molar-refractivity contribution >= 4 is 23.2 Å². The molecule has 0 aliphatic heterocycles. The van der Waals surface area contributed by atoms with Gasteiger partial charge in [-0.25, -0.2) is 0 Å². The Balaban J connectivity index is 1.72. The summed E-state index contributed by atoms with van der Waals surface area (Å²) in [5, 5.41) is 3.41. The molecular formula is C19H14ClNO3. The lowest BCUT2D eigenvalue weighted by molar-refractivity contribution is -0.100. The maximum absolute atomic E-state index is 12.4. The fourth-order valence-corrected chi connectivity index (χ4v) is 2.16. The lowest BCUT2D eigenvalue weighted by Gasteiger charge is -2.10. The smallest absolute Gasteiger partial charge is 0.259 e. The molecule has 3 aromatic rings. The van der Waals surface area contributed by atoms with E-state index in [0.717, 1.165) is 0 Å². The maximum Gasteiger partial charge on any atom is 0.259 e. The van der Waals surface area contributed by atoms with Crippen LogP contribution in [0.25, 0.3) is 0 Å². The first-order valence-corrected chi connectivity index (χ1v) is 7.66. The van der Waals surface area contributed by atoms with Gasteiger partial charge >= 0.3 is 0 Å². The van der Waals surface area contributed by atoms with Crippen LogP contribution in [-0.4, -0.2) is 5.91 Å². The third kappa shape index (κ3) is 4.06. The maximum atomic E-state index is 12.4. The third-order valence-electron chi connectivity index (χ3n) is 3.20. The lowest BCUT2D eigenvalue weighted by atomic mass is 10.2. The van der Waals surface area contributed by atoms with Gasteiger partial charge in [0.05, 0.1) is 5.56 Å². The normalized spacial score (nSPS) is 10.0. The average molecular weight is 340 g/mol. The van der Waals surface area contributed by atoms with Crippen LogP contribution in [-0.2, 0) is 0 Å². The van der Waals surface area contributed by atoms with E-state index in [0.29, 0.717) is 27.8 Å². The first-order chi connectivity index (χ1) is 11.7. The van der Waals surface area contributed by atoms with Crippen molar-refractivity contribution in [1.29, 1.82) is 0 Å². The molecule has 1 amide bonds. The minimum atomic E-state index is -0.281. The number of carbonyl (C=O) groups is 1. The molecule has 120 valence electrons. The standard InChI is InChI=1S/C19H14ClNO3/c20-14-10-12-16(13-11-14)23-24-18-9-5-4-8-17(18)19(22)21-15-6-2-1-3-7-15/h1-13H,(H,21,22). The summed E-state index contributed by atoms with van der Waals surface area (Å²) in [6.07, 6.45) is 0. The fraction of sp³-hybridized carbons (Fsp3) is 0. The van der Waals surface area contributed by atoms with Crippen LogP contribution in [0.5, 0.6) is 11.5 Å². The van der Waals surface area contributed by atoms with Crippen LogP contribution in [0.3, 0.4) is 0 Å². The number of anilines is 1. The molecule has 1 N–H and O–H groups in total. The second-order valence-electron chi connectivity index (χ2n) is 4.94. The lowest BCUT2D eigenvalue weighted by Crippen LogP contribution is -2.14. The predicted molar refractivity (Wildman–Crippen MR) is 93.5 cm³/mol. The van der Waals surface area contributed by atoms with Crippen molar-refractivity contribution < 1.29 is 14.6 Å². The highest BCUT2D eigenvalue weighted by atomic mass is 35.5. The van der Waals surface area contributed by atoms with Crippen molar-refractivity contribution in [3.63, 3.8) is 0 Å². The van der Waals surface area contributed by atoms with E-state index < -0.39 is 0 Å². The van der Waals surface area contributed by atoms with Gasteiger partial charge in [0, 0.05) is 10.7 Å². The Bertz CT molecular complexity index is 820. The number of rotatable bonds is 5. The molecule has 0 saturated heterocycles. The quantitative estimate of drug-likeness (QED) is 0.527. The molecule has 0 aliphatic rings. The summed E-state index contributed by atoms with van der Waals surface area (Å²) in [5.41, 5.74) is 1.08. The number of nitrogens with one attached hydrogen (secondary N) is 1. The highest BCUT2D eigenvalue weighted by Crippen LogP contribution is 2.22. The molecule has 0 saturated carbocycles. The minimum Gasteiger partial charge on any atom is -0.322 e. The number of carbonyl (C=O) groups excluding carboxylic acids is 1. The van der Waals surface area contributed by atoms with E-state index in [9.17, 15) is 4.79 Å². The fourth-order valence-electron chi connectivity index (χ4n) is 2.03. The molecule has 3 aromatic carbocycles. The molecule has 24 heavy (non-hydrogen) atoms. The van der Waals surface area contributed by atoms with Gasteiger partial charge in [-0.15, -0.1) is 0 Å². The molecular weight excluding hydrogens is 326 g/mol. The first kappa shape index (κ1) is 15.9. The van der Waals surface area contributed by atoms with Crippen LogP contribution < -0.4 is 15.1 Å². The van der Waals surface area contributed by atoms with Gasteiger partial charge in [0.25, 0.3) is 5.91 Å². The van der Waals surface area contributed by atoms with E-state index in [1.54, 1.807) is 48.5 Å². The van der Waals surface area contributed by atoms with E-state index in [2.05, 4.69) is 5.32 Å².